The van der Waals surface area contributed by atoms with Crippen LogP contribution in [0.5, 0.6) is 5.88 Å². The summed E-state index contributed by atoms with van der Waals surface area (Å²) >= 11 is 0. The summed E-state index contributed by atoms with van der Waals surface area (Å²) in [6, 6.07) is 8.60. The maximum atomic E-state index is 11.7. The van der Waals surface area contributed by atoms with Crippen molar-refractivity contribution in [1.82, 2.24) is 30.0 Å². The molecule has 2 atom stereocenters. The molecular weight excluding hydrogens is 380 g/mol. The number of imidazole rings is 1. The van der Waals surface area contributed by atoms with Crippen LogP contribution in [0.1, 0.15) is 32.2 Å². The molecule has 1 aliphatic carbocycles. The van der Waals surface area contributed by atoms with Crippen molar-refractivity contribution in [3.8, 4) is 17.1 Å². The zero-order chi connectivity index (χ0) is 20.2. The van der Waals surface area contributed by atoms with Crippen molar-refractivity contribution >= 4 is 27.8 Å². The Labute approximate surface area is 172 Å². The van der Waals surface area contributed by atoms with E-state index in [1.807, 2.05) is 37.5 Å². The normalized spacial score (nSPS) is 20.0. The third-order valence-electron chi connectivity index (χ3n) is 6.17. The van der Waals surface area contributed by atoms with E-state index in [-0.39, 0.29) is 17.9 Å². The van der Waals surface area contributed by atoms with Crippen molar-refractivity contribution in [2.75, 3.05) is 6.54 Å². The van der Waals surface area contributed by atoms with Gasteiger partial charge in [-0.25, -0.2) is 9.97 Å². The summed E-state index contributed by atoms with van der Waals surface area (Å²) in [5, 5.41) is 11.1. The van der Waals surface area contributed by atoms with Crippen molar-refractivity contribution in [2.45, 2.75) is 38.3 Å². The van der Waals surface area contributed by atoms with Crippen LogP contribution in [0.2, 0.25) is 0 Å². The van der Waals surface area contributed by atoms with E-state index < -0.39 is 0 Å². The number of hydrogen-bond donors (Lipinski definition) is 2. The summed E-state index contributed by atoms with van der Waals surface area (Å²) in [6.45, 7) is 2.65. The van der Waals surface area contributed by atoms with E-state index in [1.54, 1.807) is 6.20 Å². The highest BCUT2D eigenvalue weighted by atomic mass is 16.5. The average Bonchev–Trinajstić information content (AvgIpc) is 3.14. The Morgan fingerprint density at radius 1 is 1.27 bits per heavy atom. The third kappa shape index (κ3) is 2.91. The van der Waals surface area contributed by atoms with Crippen LogP contribution in [0.3, 0.4) is 0 Å². The molecule has 2 N–H and O–H groups in total. The van der Waals surface area contributed by atoms with Crippen LogP contribution in [0.15, 0.2) is 36.8 Å². The summed E-state index contributed by atoms with van der Waals surface area (Å²) in [6.07, 6.45) is 6.36. The van der Waals surface area contributed by atoms with Crippen LogP contribution in [-0.4, -0.2) is 43.3 Å². The number of nitrogens with one attached hydrogen (secondary N) is 2. The van der Waals surface area contributed by atoms with Crippen molar-refractivity contribution in [3.63, 3.8) is 0 Å². The van der Waals surface area contributed by atoms with E-state index in [9.17, 15) is 4.79 Å². The Balaban J connectivity index is 1.44. The molecule has 3 aromatic heterocycles. The van der Waals surface area contributed by atoms with Gasteiger partial charge in [-0.05, 0) is 31.9 Å². The second-order valence-corrected chi connectivity index (χ2v) is 8.33. The van der Waals surface area contributed by atoms with Crippen LogP contribution in [-0.2, 0) is 4.79 Å². The quantitative estimate of drug-likeness (QED) is 0.534. The van der Waals surface area contributed by atoms with E-state index >= 15 is 0 Å². The smallest absolute Gasteiger partial charge is 0.241 e. The summed E-state index contributed by atoms with van der Waals surface area (Å²) in [7, 11) is 0. The number of hydrogen-bond acceptors (Lipinski definition) is 5. The average molecular weight is 402 g/mol. The Kier molecular flexibility index (Phi) is 3.81. The molecule has 0 radical (unpaired) electrons. The number of benzene rings is 1. The van der Waals surface area contributed by atoms with Gasteiger partial charge >= 0.3 is 0 Å². The minimum Gasteiger partial charge on any atom is -0.473 e. The summed E-state index contributed by atoms with van der Waals surface area (Å²) in [5.74, 6) is 0.804. The topological polar surface area (TPSA) is 97.7 Å². The predicted molar refractivity (Wildman–Crippen MR) is 112 cm³/mol. The highest BCUT2D eigenvalue weighted by molar-refractivity contribution is 5.88. The molecule has 1 saturated heterocycles. The van der Waals surface area contributed by atoms with Gasteiger partial charge in [0.15, 0.2) is 0 Å². The maximum absolute atomic E-state index is 11.7. The number of pyridine rings is 1. The molecule has 30 heavy (non-hydrogen) atoms. The van der Waals surface area contributed by atoms with Crippen LogP contribution in [0.4, 0.5) is 0 Å². The number of aromatic nitrogens is 5. The molecule has 2 fully saturated rings. The van der Waals surface area contributed by atoms with Crippen LogP contribution < -0.4 is 10.1 Å². The Hall–Kier alpha value is -3.42. The van der Waals surface area contributed by atoms with Crippen molar-refractivity contribution < 1.29 is 9.53 Å². The molecule has 1 amide bonds. The molecule has 0 unspecified atom stereocenters. The first-order chi connectivity index (χ1) is 14.7. The Bertz CT molecular complexity index is 1270. The molecule has 6 rings (SSSR count). The van der Waals surface area contributed by atoms with Gasteiger partial charge in [0.05, 0.1) is 29.3 Å². The molecule has 152 valence electrons. The van der Waals surface area contributed by atoms with Gasteiger partial charge in [-0.2, -0.15) is 5.10 Å². The second-order valence-electron chi connectivity index (χ2n) is 8.33. The van der Waals surface area contributed by atoms with Crippen molar-refractivity contribution in [1.29, 1.82) is 0 Å². The van der Waals surface area contributed by atoms with Crippen LogP contribution >= 0.6 is 0 Å². The molecule has 0 spiro atoms. The summed E-state index contributed by atoms with van der Waals surface area (Å²) in [4.78, 5) is 21.2. The van der Waals surface area contributed by atoms with Crippen molar-refractivity contribution in [2.24, 2.45) is 5.92 Å². The van der Waals surface area contributed by atoms with Gasteiger partial charge in [-0.15, -0.1) is 0 Å². The standard InChI is InChI=1S/C22H22N6O2/c1-12(15-7-20(29)23-9-15)30-22-21-19(24-11-28(21)16-4-5-16)8-17(26-22)13-2-3-14-10-25-27-18(14)6-13/h2-3,6,8,10-12,15-16H,4-5,7,9H2,1H3,(H,23,29)(H,25,27)/t12-,15-/m1/s1. The monoisotopic (exact) mass is 402 g/mol. The fourth-order valence-electron chi connectivity index (χ4n) is 4.21. The van der Waals surface area contributed by atoms with Crippen molar-refractivity contribution in [3.05, 3.63) is 36.8 Å². The van der Waals surface area contributed by atoms with Gasteiger partial charge in [0.1, 0.15) is 11.6 Å². The highest BCUT2D eigenvalue weighted by Gasteiger charge is 2.31. The van der Waals surface area contributed by atoms with Crippen LogP contribution in [0, 0.1) is 5.92 Å². The molecule has 1 aromatic carbocycles. The van der Waals surface area contributed by atoms with E-state index in [0.717, 1.165) is 46.0 Å². The van der Waals surface area contributed by atoms with Gasteiger partial charge in [0, 0.05) is 35.9 Å². The molecule has 2 aliphatic rings. The van der Waals surface area contributed by atoms with E-state index in [1.165, 1.54) is 0 Å². The SMILES string of the molecule is C[C@@H](Oc1nc(-c2ccc3cn[nH]c3c2)cc2ncn(C3CC3)c12)[C@H]1CNC(=O)C1. The maximum Gasteiger partial charge on any atom is 0.241 e. The fourth-order valence-corrected chi connectivity index (χ4v) is 4.21. The minimum atomic E-state index is -0.132. The number of nitrogens with zero attached hydrogens (tertiary/aromatic N) is 4. The van der Waals surface area contributed by atoms with Gasteiger partial charge in [0.25, 0.3) is 0 Å². The molecular formula is C22H22N6O2. The predicted octanol–water partition coefficient (Wildman–Crippen LogP) is 3.21. The Morgan fingerprint density at radius 2 is 2.17 bits per heavy atom. The van der Waals surface area contributed by atoms with Crippen LogP contribution in [0.25, 0.3) is 33.2 Å². The third-order valence-corrected chi connectivity index (χ3v) is 6.17. The summed E-state index contributed by atoms with van der Waals surface area (Å²) in [5.41, 5.74) is 4.56. The molecule has 1 aliphatic heterocycles. The fraction of sp³-hybridized carbons (Fsp3) is 0.364. The number of amides is 1. The minimum absolute atomic E-state index is 0.0817. The highest BCUT2D eigenvalue weighted by Crippen LogP contribution is 2.40. The van der Waals surface area contributed by atoms with E-state index in [0.29, 0.717) is 24.9 Å². The first-order valence-corrected chi connectivity index (χ1v) is 10.4. The zero-order valence-corrected chi connectivity index (χ0v) is 16.6. The van der Waals surface area contributed by atoms with Gasteiger partial charge in [0.2, 0.25) is 11.8 Å². The van der Waals surface area contributed by atoms with E-state index in [2.05, 4.69) is 25.1 Å². The number of carbonyl (C=O) groups is 1. The summed E-state index contributed by atoms with van der Waals surface area (Å²) < 4.78 is 8.57. The number of fused-ring (bicyclic) bond motifs is 2. The molecule has 4 aromatic rings. The Morgan fingerprint density at radius 3 is 2.97 bits per heavy atom. The largest absolute Gasteiger partial charge is 0.473 e. The van der Waals surface area contributed by atoms with E-state index in [4.69, 9.17) is 9.72 Å². The number of rotatable bonds is 5. The zero-order valence-electron chi connectivity index (χ0n) is 16.6. The lowest BCUT2D eigenvalue weighted by molar-refractivity contribution is -0.119. The molecule has 8 heteroatoms. The number of ether oxygens (including phenoxy) is 1. The van der Waals surface area contributed by atoms with Gasteiger partial charge < -0.3 is 14.6 Å². The lowest BCUT2D eigenvalue weighted by atomic mass is 10.0. The first-order valence-electron chi connectivity index (χ1n) is 10.4. The molecule has 0 bridgehead atoms. The molecule has 4 heterocycles. The van der Waals surface area contributed by atoms with Gasteiger partial charge in [-0.1, -0.05) is 12.1 Å². The molecule has 8 nitrogen and oxygen atoms in total. The lowest BCUT2D eigenvalue weighted by Gasteiger charge is -2.20. The lowest BCUT2D eigenvalue weighted by Crippen LogP contribution is -2.26. The second kappa shape index (κ2) is 6.55. The number of H-pyrrole nitrogens is 1. The number of aromatic amines is 1. The van der Waals surface area contributed by atoms with Gasteiger partial charge in [-0.3, -0.25) is 9.89 Å². The molecule has 1 saturated carbocycles. The number of carbonyl (C=O) groups excluding carboxylic acids is 1. The first kappa shape index (κ1) is 17.4.